The Hall–Kier alpha value is -2.87. The number of benzene rings is 2. The van der Waals surface area contributed by atoms with E-state index in [1.807, 2.05) is 17.0 Å². The molecule has 0 bridgehead atoms. The predicted octanol–water partition coefficient (Wildman–Crippen LogP) is 4.16. The second-order valence-electron chi connectivity index (χ2n) is 8.84. The second kappa shape index (κ2) is 8.94. The van der Waals surface area contributed by atoms with Crippen molar-refractivity contribution in [1.82, 2.24) is 0 Å². The lowest BCUT2D eigenvalue weighted by Crippen LogP contribution is -2.33. The van der Waals surface area contributed by atoms with Gasteiger partial charge < -0.3 is 10.2 Å². The molecule has 8 heteroatoms. The van der Waals surface area contributed by atoms with Gasteiger partial charge in [-0.2, -0.15) is 0 Å². The molecule has 0 atom stereocenters. The zero-order valence-corrected chi connectivity index (χ0v) is 19.2. The summed E-state index contributed by atoms with van der Waals surface area (Å²) in [7, 11) is -3.78. The van der Waals surface area contributed by atoms with Crippen LogP contribution in [-0.4, -0.2) is 26.8 Å². The third kappa shape index (κ3) is 4.65. The van der Waals surface area contributed by atoms with Crippen LogP contribution < -0.4 is 14.9 Å². The first-order chi connectivity index (χ1) is 15.2. The fourth-order valence-electron chi connectivity index (χ4n) is 4.31. The number of anilines is 3. The highest BCUT2D eigenvalue weighted by molar-refractivity contribution is 7.92. The van der Waals surface area contributed by atoms with Crippen LogP contribution in [0.15, 0.2) is 47.4 Å². The van der Waals surface area contributed by atoms with E-state index in [0.29, 0.717) is 24.3 Å². The van der Waals surface area contributed by atoms with Gasteiger partial charge in [-0.25, -0.2) is 8.42 Å². The van der Waals surface area contributed by atoms with Gasteiger partial charge in [-0.3, -0.25) is 14.3 Å². The summed E-state index contributed by atoms with van der Waals surface area (Å²) in [6, 6.07) is 11.4. The molecule has 0 aromatic heterocycles. The number of hydrogen-bond donors (Lipinski definition) is 2. The van der Waals surface area contributed by atoms with E-state index >= 15 is 0 Å². The largest absolute Gasteiger partial charge is 0.326 e. The third-order valence-electron chi connectivity index (χ3n) is 6.15. The Labute approximate surface area is 189 Å². The van der Waals surface area contributed by atoms with Gasteiger partial charge >= 0.3 is 0 Å². The summed E-state index contributed by atoms with van der Waals surface area (Å²) in [6.45, 7) is 4.22. The molecule has 0 spiro atoms. The summed E-state index contributed by atoms with van der Waals surface area (Å²) in [4.78, 5) is 26.6. The molecule has 2 aromatic rings. The SMILES string of the molecule is CC(C)C(=O)Nc1ccc(S(=O)(=O)Nc2ccc3c(c2)CCN3C(=O)C2CCCC2)cc1. The van der Waals surface area contributed by atoms with E-state index in [0.717, 1.165) is 36.9 Å². The number of carbonyl (C=O) groups excluding carboxylic acids is 2. The van der Waals surface area contributed by atoms with Gasteiger partial charge in [-0.05, 0) is 67.3 Å². The zero-order valence-electron chi connectivity index (χ0n) is 18.4. The van der Waals surface area contributed by atoms with Crippen LogP contribution in [0.1, 0.15) is 45.1 Å². The van der Waals surface area contributed by atoms with Crippen molar-refractivity contribution < 1.29 is 18.0 Å². The maximum absolute atomic E-state index is 12.8. The molecule has 0 radical (unpaired) electrons. The van der Waals surface area contributed by atoms with Crippen molar-refractivity contribution in [2.75, 3.05) is 21.5 Å². The highest BCUT2D eigenvalue weighted by Crippen LogP contribution is 2.35. The Morgan fingerprint density at radius 1 is 1.00 bits per heavy atom. The molecule has 0 unspecified atom stereocenters. The van der Waals surface area contributed by atoms with Crippen LogP contribution in [-0.2, 0) is 26.0 Å². The molecule has 7 nitrogen and oxygen atoms in total. The topological polar surface area (TPSA) is 95.6 Å². The average molecular weight is 456 g/mol. The van der Waals surface area contributed by atoms with Gasteiger partial charge in [0.15, 0.2) is 0 Å². The molecule has 1 heterocycles. The number of fused-ring (bicyclic) bond motifs is 1. The molecule has 0 saturated heterocycles. The van der Waals surface area contributed by atoms with E-state index in [4.69, 9.17) is 0 Å². The smallest absolute Gasteiger partial charge is 0.261 e. The maximum atomic E-state index is 12.8. The second-order valence-corrected chi connectivity index (χ2v) is 10.5. The first-order valence-electron chi connectivity index (χ1n) is 11.1. The van der Waals surface area contributed by atoms with Gasteiger partial charge in [0.25, 0.3) is 10.0 Å². The van der Waals surface area contributed by atoms with Crippen molar-refractivity contribution in [2.45, 2.75) is 50.8 Å². The molecule has 170 valence electrons. The van der Waals surface area contributed by atoms with Crippen LogP contribution in [0.2, 0.25) is 0 Å². The van der Waals surface area contributed by atoms with Crippen molar-refractivity contribution >= 4 is 38.9 Å². The zero-order chi connectivity index (χ0) is 22.9. The van der Waals surface area contributed by atoms with E-state index in [1.165, 1.54) is 12.1 Å². The number of sulfonamides is 1. The molecular formula is C24H29N3O4S. The van der Waals surface area contributed by atoms with Gasteiger partial charge in [0.1, 0.15) is 0 Å². The van der Waals surface area contributed by atoms with Crippen LogP contribution in [0.4, 0.5) is 17.1 Å². The summed E-state index contributed by atoms with van der Waals surface area (Å²) in [5.74, 6) is 0.0215. The summed E-state index contributed by atoms with van der Waals surface area (Å²) in [5.41, 5.74) is 2.88. The van der Waals surface area contributed by atoms with Crippen molar-refractivity contribution in [2.24, 2.45) is 11.8 Å². The van der Waals surface area contributed by atoms with E-state index in [9.17, 15) is 18.0 Å². The Morgan fingerprint density at radius 3 is 2.31 bits per heavy atom. The number of nitrogens with one attached hydrogen (secondary N) is 2. The van der Waals surface area contributed by atoms with Gasteiger partial charge in [-0.15, -0.1) is 0 Å². The number of hydrogen-bond acceptors (Lipinski definition) is 4. The van der Waals surface area contributed by atoms with Gasteiger partial charge in [0.05, 0.1) is 4.90 Å². The first kappa shape index (κ1) is 22.3. The molecule has 1 saturated carbocycles. The van der Waals surface area contributed by atoms with Crippen molar-refractivity contribution in [3.8, 4) is 0 Å². The minimum atomic E-state index is -3.78. The van der Waals surface area contributed by atoms with Crippen LogP contribution in [0, 0.1) is 11.8 Å². The van der Waals surface area contributed by atoms with Crippen LogP contribution >= 0.6 is 0 Å². The highest BCUT2D eigenvalue weighted by Gasteiger charge is 2.32. The number of carbonyl (C=O) groups is 2. The standard InChI is InChI=1S/C24H29N3O4S/c1-16(2)23(28)25-19-7-10-21(11-8-19)32(30,31)26-20-9-12-22-18(15-20)13-14-27(22)24(29)17-5-3-4-6-17/h7-12,15-17,26H,3-6,13-14H2,1-2H3,(H,25,28). The molecule has 1 fully saturated rings. The number of nitrogens with zero attached hydrogens (tertiary/aromatic N) is 1. The van der Waals surface area contributed by atoms with Crippen molar-refractivity contribution in [3.63, 3.8) is 0 Å². The van der Waals surface area contributed by atoms with Gasteiger partial charge in [0, 0.05) is 35.4 Å². The molecule has 2 aromatic carbocycles. The Balaban J connectivity index is 1.46. The quantitative estimate of drug-likeness (QED) is 0.684. The lowest BCUT2D eigenvalue weighted by atomic mass is 10.1. The molecule has 2 N–H and O–H groups in total. The third-order valence-corrected chi connectivity index (χ3v) is 7.55. The monoisotopic (exact) mass is 455 g/mol. The van der Waals surface area contributed by atoms with Crippen LogP contribution in [0.25, 0.3) is 0 Å². The van der Waals surface area contributed by atoms with Crippen LogP contribution in [0.5, 0.6) is 0 Å². The minimum absolute atomic E-state index is 0.110. The lowest BCUT2D eigenvalue weighted by Gasteiger charge is -2.21. The minimum Gasteiger partial charge on any atom is -0.326 e. The average Bonchev–Trinajstić information content (AvgIpc) is 3.43. The summed E-state index contributed by atoms with van der Waals surface area (Å²) < 4.78 is 28.3. The fraction of sp³-hybridized carbons (Fsp3) is 0.417. The van der Waals surface area contributed by atoms with E-state index in [-0.39, 0.29) is 28.5 Å². The Bertz CT molecular complexity index is 1120. The van der Waals surface area contributed by atoms with Crippen molar-refractivity contribution in [1.29, 1.82) is 0 Å². The normalized spacial score (nSPS) is 16.3. The van der Waals surface area contributed by atoms with E-state index in [2.05, 4.69) is 10.0 Å². The lowest BCUT2D eigenvalue weighted by molar-refractivity contribution is -0.122. The van der Waals surface area contributed by atoms with E-state index < -0.39 is 10.0 Å². The van der Waals surface area contributed by atoms with E-state index in [1.54, 1.807) is 32.0 Å². The molecule has 32 heavy (non-hydrogen) atoms. The highest BCUT2D eigenvalue weighted by atomic mass is 32.2. The Kier molecular flexibility index (Phi) is 6.24. The Morgan fingerprint density at radius 2 is 1.66 bits per heavy atom. The van der Waals surface area contributed by atoms with Crippen molar-refractivity contribution in [3.05, 3.63) is 48.0 Å². The molecule has 1 aliphatic carbocycles. The molecule has 1 aliphatic heterocycles. The van der Waals surface area contributed by atoms with Crippen LogP contribution in [0.3, 0.4) is 0 Å². The molecular weight excluding hydrogens is 426 g/mol. The summed E-state index contributed by atoms with van der Waals surface area (Å²) >= 11 is 0. The summed E-state index contributed by atoms with van der Waals surface area (Å²) in [5, 5.41) is 2.74. The summed E-state index contributed by atoms with van der Waals surface area (Å²) in [6.07, 6.45) is 4.87. The fourth-order valence-corrected chi connectivity index (χ4v) is 5.35. The molecule has 2 amide bonds. The first-order valence-corrected chi connectivity index (χ1v) is 12.6. The predicted molar refractivity (Wildman–Crippen MR) is 125 cm³/mol. The number of amides is 2. The molecule has 2 aliphatic rings. The molecule has 4 rings (SSSR count). The van der Waals surface area contributed by atoms with Gasteiger partial charge in [-0.1, -0.05) is 26.7 Å². The van der Waals surface area contributed by atoms with Gasteiger partial charge in [0.2, 0.25) is 11.8 Å². The number of rotatable bonds is 6. The maximum Gasteiger partial charge on any atom is 0.261 e.